The van der Waals surface area contributed by atoms with Gasteiger partial charge in [0.05, 0.1) is 17.7 Å². The van der Waals surface area contributed by atoms with Gasteiger partial charge in [-0.25, -0.2) is 4.79 Å². The van der Waals surface area contributed by atoms with Gasteiger partial charge < -0.3 is 20.1 Å². The van der Waals surface area contributed by atoms with Crippen molar-refractivity contribution in [3.05, 3.63) is 28.3 Å². The predicted octanol–water partition coefficient (Wildman–Crippen LogP) is 1.86. The van der Waals surface area contributed by atoms with Crippen molar-refractivity contribution < 1.29 is 19.2 Å². The van der Waals surface area contributed by atoms with Crippen molar-refractivity contribution in [2.45, 2.75) is 19.1 Å². The predicted molar refractivity (Wildman–Crippen MR) is 70.8 cm³/mol. The summed E-state index contributed by atoms with van der Waals surface area (Å²) in [6.45, 7) is 0.616. The molecule has 0 saturated carbocycles. The smallest absolute Gasteiger partial charge is 0.321 e. The third-order valence-electron chi connectivity index (χ3n) is 2.86. The first-order valence-electron chi connectivity index (χ1n) is 6.11. The van der Waals surface area contributed by atoms with Crippen LogP contribution in [0.2, 0.25) is 0 Å². The van der Waals surface area contributed by atoms with Crippen LogP contribution in [0.5, 0.6) is 5.75 Å². The van der Waals surface area contributed by atoms with E-state index in [1.165, 1.54) is 25.3 Å². The zero-order valence-corrected chi connectivity index (χ0v) is 10.9. The number of nitrogens with zero attached hydrogens (tertiary/aromatic N) is 1. The molecule has 2 N–H and O–H groups in total. The van der Waals surface area contributed by atoms with E-state index in [-0.39, 0.29) is 17.6 Å². The minimum atomic E-state index is -0.539. The molecule has 8 nitrogen and oxygen atoms in total. The molecule has 1 saturated heterocycles. The molecule has 2 rings (SSSR count). The van der Waals surface area contributed by atoms with Crippen molar-refractivity contribution in [1.82, 2.24) is 5.32 Å². The molecule has 20 heavy (non-hydrogen) atoms. The molecule has 2 amide bonds. The first-order chi connectivity index (χ1) is 9.60. The topological polar surface area (TPSA) is 103 Å². The Kier molecular flexibility index (Phi) is 4.36. The van der Waals surface area contributed by atoms with E-state index in [4.69, 9.17) is 9.47 Å². The van der Waals surface area contributed by atoms with Crippen LogP contribution in [0.15, 0.2) is 18.2 Å². The van der Waals surface area contributed by atoms with Crippen LogP contribution in [0, 0.1) is 10.1 Å². The lowest BCUT2D eigenvalue weighted by Gasteiger charge is -2.14. The number of urea groups is 1. The van der Waals surface area contributed by atoms with Crippen LogP contribution in [0.1, 0.15) is 12.8 Å². The van der Waals surface area contributed by atoms with E-state index in [0.29, 0.717) is 12.4 Å². The van der Waals surface area contributed by atoms with Gasteiger partial charge in [0.2, 0.25) is 0 Å². The number of benzene rings is 1. The van der Waals surface area contributed by atoms with Gasteiger partial charge in [-0.2, -0.15) is 0 Å². The van der Waals surface area contributed by atoms with Crippen molar-refractivity contribution in [3.8, 4) is 5.75 Å². The van der Waals surface area contributed by atoms with E-state index in [1.807, 2.05) is 0 Å². The number of hydrogen-bond acceptors (Lipinski definition) is 5. The Balaban J connectivity index is 2.07. The summed E-state index contributed by atoms with van der Waals surface area (Å²) in [6, 6.07) is 3.49. The highest BCUT2D eigenvalue weighted by atomic mass is 16.6. The number of methoxy groups -OCH3 is 1. The fraction of sp³-hybridized carbons (Fsp3) is 0.417. The van der Waals surface area contributed by atoms with Gasteiger partial charge in [0.15, 0.2) is 0 Å². The number of non-ortho nitro benzene ring substituents is 1. The summed E-state index contributed by atoms with van der Waals surface area (Å²) in [7, 11) is 1.42. The molecule has 8 heteroatoms. The highest BCUT2D eigenvalue weighted by Crippen LogP contribution is 2.28. The molecule has 1 atom stereocenters. The Bertz CT molecular complexity index is 514. The molecule has 1 unspecified atom stereocenters. The molecule has 1 aromatic rings. The quantitative estimate of drug-likeness (QED) is 0.647. The third kappa shape index (κ3) is 3.35. The Hall–Kier alpha value is -2.35. The number of nitro groups is 1. The number of ether oxygens (including phenoxy) is 2. The van der Waals surface area contributed by atoms with Crippen molar-refractivity contribution in [1.29, 1.82) is 0 Å². The molecule has 0 radical (unpaired) electrons. The van der Waals surface area contributed by atoms with E-state index in [9.17, 15) is 14.9 Å². The first-order valence-corrected chi connectivity index (χ1v) is 6.11. The molecular weight excluding hydrogens is 266 g/mol. The highest BCUT2D eigenvalue weighted by molar-refractivity contribution is 5.91. The van der Waals surface area contributed by atoms with Gasteiger partial charge in [-0.3, -0.25) is 10.1 Å². The average Bonchev–Trinajstić information content (AvgIpc) is 2.91. The molecule has 1 aromatic carbocycles. The van der Waals surface area contributed by atoms with Gasteiger partial charge >= 0.3 is 6.03 Å². The van der Waals surface area contributed by atoms with E-state index in [2.05, 4.69) is 10.6 Å². The summed E-state index contributed by atoms with van der Waals surface area (Å²) in [4.78, 5) is 22.0. The van der Waals surface area contributed by atoms with Crippen LogP contribution in [0.25, 0.3) is 0 Å². The lowest BCUT2D eigenvalue weighted by atomic mass is 10.2. The van der Waals surface area contributed by atoms with Gasteiger partial charge in [0.1, 0.15) is 12.0 Å². The molecular formula is C12H15N3O5. The number of nitro benzene ring substituents is 1. The third-order valence-corrected chi connectivity index (χ3v) is 2.86. The summed E-state index contributed by atoms with van der Waals surface area (Å²) in [6.07, 6.45) is 1.32. The molecule has 1 heterocycles. The van der Waals surface area contributed by atoms with Crippen molar-refractivity contribution in [2.75, 3.05) is 19.0 Å². The van der Waals surface area contributed by atoms with Gasteiger partial charge in [0.25, 0.3) is 5.69 Å². The number of carbonyl (C=O) groups excluding carboxylic acids is 1. The SMILES string of the molecule is COc1ccc([N+](=O)[O-])cc1NC(=O)NC1CCCO1. The fourth-order valence-electron chi connectivity index (χ4n) is 1.90. The largest absolute Gasteiger partial charge is 0.495 e. The molecule has 0 spiro atoms. The number of nitrogens with one attached hydrogen (secondary N) is 2. The van der Waals surface area contributed by atoms with E-state index in [1.54, 1.807) is 0 Å². The second kappa shape index (κ2) is 6.20. The Morgan fingerprint density at radius 1 is 1.55 bits per heavy atom. The molecule has 1 aliphatic heterocycles. The summed E-state index contributed by atoms with van der Waals surface area (Å²) < 4.78 is 10.3. The van der Waals surface area contributed by atoms with Crippen LogP contribution >= 0.6 is 0 Å². The maximum Gasteiger partial charge on any atom is 0.321 e. The Morgan fingerprint density at radius 3 is 2.95 bits per heavy atom. The Labute approximate surface area is 115 Å². The summed E-state index contributed by atoms with van der Waals surface area (Å²) in [5, 5.41) is 15.9. The number of amides is 2. The number of anilines is 1. The van der Waals surface area contributed by atoms with Crippen LogP contribution in [-0.4, -0.2) is 30.9 Å². The number of rotatable bonds is 4. The van der Waals surface area contributed by atoms with Gasteiger partial charge in [-0.05, 0) is 18.9 Å². The summed E-state index contributed by atoms with van der Waals surface area (Å²) in [5.74, 6) is 0.345. The summed E-state index contributed by atoms with van der Waals surface area (Å²) >= 11 is 0. The first kappa shape index (κ1) is 14.1. The van der Waals surface area contributed by atoms with Crippen molar-refractivity contribution in [3.63, 3.8) is 0 Å². The molecule has 1 fully saturated rings. The van der Waals surface area contributed by atoms with E-state index >= 15 is 0 Å². The lowest BCUT2D eigenvalue weighted by molar-refractivity contribution is -0.384. The monoisotopic (exact) mass is 281 g/mol. The minimum absolute atomic E-state index is 0.127. The normalized spacial score (nSPS) is 17.6. The second-order valence-corrected chi connectivity index (χ2v) is 4.24. The van der Waals surface area contributed by atoms with Crippen LogP contribution in [-0.2, 0) is 4.74 Å². The van der Waals surface area contributed by atoms with Crippen molar-refractivity contribution >= 4 is 17.4 Å². The highest BCUT2D eigenvalue weighted by Gasteiger charge is 2.19. The number of hydrogen-bond donors (Lipinski definition) is 2. The second-order valence-electron chi connectivity index (χ2n) is 4.24. The average molecular weight is 281 g/mol. The van der Waals surface area contributed by atoms with Crippen LogP contribution in [0.3, 0.4) is 0 Å². The summed E-state index contributed by atoms with van der Waals surface area (Å²) in [5.41, 5.74) is 0.107. The lowest BCUT2D eigenvalue weighted by Crippen LogP contribution is -2.37. The van der Waals surface area contributed by atoms with E-state index < -0.39 is 11.0 Å². The van der Waals surface area contributed by atoms with Crippen LogP contribution in [0.4, 0.5) is 16.2 Å². The maximum absolute atomic E-state index is 11.8. The van der Waals surface area contributed by atoms with Crippen LogP contribution < -0.4 is 15.4 Å². The van der Waals surface area contributed by atoms with Gasteiger partial charge in [-0.1, -0.05) is 0 Å². The fourth-order valence-corrected chi connectivity index (χ4v) is 1.90. The molecule has 0 aliphatic carbocycles. The molecule has 0 bridgehead atoms. The zero-order valence-electron chi connectivity index (χ0n) is 10.9. The molecule has 0 aromatic heterocycles. The van der Waals surface area contributed by atoms with Crippen molar-refractivity contribution in [2.24, 2.45) is 0 Å². The molecule has 1 aliphatic rings. The molecule has 108 valence electrons. The number of carbonyl (C=O) groups is 1. The minimum Gasteiger partial charge on any atom is -0.495 e. The van der Waals surface area contributed by atoms with Gasteiger partial charge in [-0.15, -0.1) is 0 Å². The van der Waals surface area contributed by atoms with E-state index in [0.717, 1.165) is 12.8 Å². The maximum atomic E-state index is 11.8. The Morgan fingerprint density at radius 2 is 2.35 bits per heavy atom. The standard InChI is InChI=1S/C12H15N3O5/c1-19-10-5-4-8(15(17)18)7-9(10)13-12(16)14-11-3-2-6-20-11/h4-5,7,11H,2-3,6H2,1H3,(H2,13,14,16). The van der Waals surface area contributed by atoms with Gasteiger partial charge in [0, 0.05) is 18.7 Å². The zero-order chi connectivity index (χ0) is 14.5.